The number of nitrogens with two attached hydrogens (primary N) is 1. The maximum Gasteiger partial charge on any atom is 0.232 e. The summed E-state index contributed by atoms with van der Waals surface area (Å²) in [7, 11) is 1.51. The van der Waals surface area contributed by atoms with Crippen molar-refractivity contribution in [1.82, 2.24) is 9.97 Å². The van der Waals surface area contributed by atoms with E-state index in [1.54, 1.807) is 0 Å². The van der Waals surface area contributed by atoms with Gasteiger partial charge in [-0.2, -0.15) is 0 Å². The molecule has 2 N–H and O–H groups in total. The summed E-state index contributed by atoms with van der Waals surface area (Å²) in [4.78, 5) is 25.1. The van der Waals surface area contributed by atoms with Crippen LogP contribution >= 0.6 is 11.8 Å². The zero-order valence-corrected chi connectivity index (χ0v) is 14.8. The van der Waals surface area contributed by atoms with Gasteiger partial charge in [0.25, 0.3) is 0 Å². The number of hydrogen-bond acceptors (Lipinski definition) is 7. The van der Waals surface area contributed by atoms with E-state index in [1.807, 2.05) is 42.7 Å². The molecular weight excluding hydrogens is 336 g/mol. The van der Waals surface area contributed by atoms with Gasteiger partial charge in [0, 0.05) is 6.42 Å². The van der Waals surface area contributed by atoms with Gasteiger partial charge in [-0.3, -0.25) is 4.79 Å². The predicted octanol–water partition coefficient (Wildman–Crippen LogP) is 2.70. The van der Waals surface area contributed by atoms with Crippen molar-refractivity contribution in [1.29, 1.82) is 0 Å². The minimum absolute atomic E-state index is 0.102. The van der Waals surface area contributed by atoms with Crippen molar-refractivity contribution < 1.29 is 9.53 Å². The summed E-state index contributed by atoms with van der Waals surface area (Å²) in [5.74, 6) is 0.277. The fourth-order valence-corrected chi connectivity index (χ4v) is 3.24. The van der Waals surface area contributed by atoms with E-state index in [1.165, 1.54) is 31.3 Å². The van der Waals surface area contributed by atoms with Crippen molar-refractivity contribution in [2.24, 2.45) is 10.7 Å². The van der Waals surface area contributed by atoms with Gasteiger partial charge in [0.2, 0.25) is 5.88 Å². The Hall–Kier alpha value is -2.67. The number of thioether (sulfide) groups is 1. The number of hydrogen-bond donors (Lipinski definition) is 1. The fourth-order valence-electron chi connectivity index (χ4n) is 2.53. The number of carbonyl (C=O) groups excluding carboxylic acids is 1. The summed E-state index contributed by atoms with van der Waals surface area (Å²) in [6.45, 7) is 1.99. The van der Waals surface area contributed by atoms with Crippen molar-refractivity contribution in [2.75, 3.05) is 7.11 Å². The van der Waals surface area contributed by atoms with Crippen molar-refractivity contribution in [2.45, 2.75) is 18.9 Å². The molecule has 0 radical (unpaired) electrons. The van der Waals surface area contributed by atoms with Crippen LogP contribution in [0.4, 0.5) is 0 Å². The number of carbonyl (C=O) groups is 1. The number of amidine groups is 1. The highest BCUT2D eigenvalue weighted by atomic mass is 32.2. The summed E-state index contributed by atoms with van der Waals surface area (Å²) in [6, 6.07) is 7.80. The van der Waals surface area contributed by atoms with Crippen LogP contribution in [0.1, 0.15) is 28.5 Å². The van der Waals surface area contributed by atoms with Crippen LogP contribution in [0.2, 0.25) is 0 Å². The Bertz CT molecular complexity index is 848. The van der Waals surface area contributed by atoms with Gasteiger partial charge < -0.3 is 10.5 Å². The number of nitrogens with zero attached hydrogens (tertiary/aromatic N) is 3. The molecule has 3 rings (SSSR count). The first kappa shape index (κ1) is 17.2. The molecule has 25 heavy (non-hydrogen) atoms. The van der Waals surface area contributed by atoms with E-state index in [2.05, 4.69) is 15.0 Å². The molecule has 0 bridgehead atoms. The summed E-state index contributed by atoms with van der Waals surface area (Å²) < 4.78 is 4.95. The molecule has 0 fully saturated rings. The average molecular weight is 354 g/mol. The van der Waals surface area contributed by atoms with Crippen LogP contribution in [-0.2, 0) is 12.0 Å². The highest BCUT2D eigenvalue weighted by Gasteiger charge is 2.26. The number of ether oxygens (including phenoxy) is 1. The number of Topliss-reactive ketones (excluding diaryl/α,β-unsaturated/α-hetero) is 1. The Balaban J connectivity index is 1.81. The molecule has 0 saturated carbocycles. The normalized spacial score (nSPS) is 19.4. The van der Waals surface area contributed by atoms with Gasteiger partial charge in [-0.05, 0) is 29.5 Å². The first-order valence-corrected chi connectivity index (χ1v) is 8.56. The monoisotopic (exact) mass is 354 g/mol. The van der Waals surface area contributed by atoms with Crippen LogP contribution in [0, 0.1) is 0 Å². The second-order valence-corrected chi connectivity index (χ2v) is 6.69. The van der Waals surface area contributed by atoms with E-state index >= 15 is 0 Å². The van der Waals surface area contributed by atoms with Crippen LogP contribution in [0.3, 0.4) is 0 Å². The van der Waals surface area contributed by atoms with Crippen LogP contribution < -0.4 is 10.5 Å². The first-order valence-electron chi connectivity index (χ1n) is 7.68. The summed E-state index contributed by atoms with van der Waals surface area (Å²) >= 11 is 1.40. The van der Waals surface area contributed by atoms with E-state index in [-0.39, 0.29) is 12.2 Å². The zero-order chi connectivity index (χ0) is 17.9. The summed E-state index contributed by atoms with van der Waals surface area (Å²) in [5, 5.41) is 2.47. The van der Waals surface area contributed by atoms with Crippen molar-refractivity contribution in [3.8, 4) is 5.88 Å². The summed E-state index contributed by atoms with van der Waals surface area (Å²) in [5.41, 5.74) is 7.52. The molecule has 0 amide bonds. The number of benzene rings is 1. The molecule has 0 saturated heterocycles. The van der Waals surface area contributed by atoms with E-state index in [0.717, 1.165) is 11.1 Å². The molecule has 128 valence electrons. The third-order valence-corrected chi connectivity index (χ3v) is 4.53. The Labute approximate surface area is 150 Å². The highest BCUT2D eigenvalue weighted by Crippen LogP contribution is 2.32. The lowest BCUT2D eigenvalue weighted by atomic mass is 9.90. The third kappa shape index (κ3) is 3.88. The number of aromatic nitrogens is 2. The lowest BCUT2D eigenvalue weighted by Gasteiger charge is -2.25. The number of methoxy groups -OCH3 is 1. The minimum Gasteiger partial charge on any atom is -0.480 e. The third-order valence-electron chi connectivity index (χ3n) is 3.92. The van der Waals surface area contributed by atoms with Gasteiger partial charge in [0.15, 0.2) is 11.0 Å². The quantitative estimate of drug-likeness (QED) is 0.830. The smallest absolute Gasteiger partial charge is 0.232 e. The molecule has 7 heteroatoms. The molecule has 0 unspecified atom stereocenters. The predicted molar refractivity (Wildman–Crippen MR) is 98.8 cm³/mol. The average Bonchev–Trinajstić information content (AvgIpc) is 2.62. The first-order chi connectivity index (χ1) is 12.0. The van der Waals surface area contributed by atoms with Crippen LogP contribution in [-0.4, -0.2) is 28.0 Å². The van der Waals surface area contributed by atoms with Gasteiger partial charge in [-0.1, -0.05) is 36.0 Å². The second-order valence-electron chi connectivity index (χ2n) is 5.76. The van der Waals surface area contributed by atoms with Crippen molar-refractivity contribution in [3.05, 3.63) is 65.0 Å². The van der Waals surface area contributed by atoms with Crippen LogP contribution in [0.25, 0.3) is 0 Å². The highest BCUT2D eigenvalue weighted by molar-refractivity contribution is 8.16. The van der Waals surface area contributed by atoms with E-state index in [9.17, 15) is 4.79 Å². The minimum atomic E-state index is -0.520. The molecule has 1 aliphatic heterocycles. The lowest BCUT2D eigenvalue weighted by Crippen LogP contribution is -2.23. The molecule has 2 heterocycles. The Morgan fingerprint density at radius 3 is 2.84 bits per heavy atom. The maximum atomic E-state index is 12.4. The molecule has 1 atom stereocenters. The topological polar surface area (TPSA) is 90.5 Å². The second kappa shape index (κ2) is 7.06. The molecule has 1 aromatic carbocycles. The van der Waals surface area contributed by atoms with Crippen molar-refractivity contribution >= 4 is 22.7 Å². The zero-order valence-electron chi connectivity index (χ0n) is 14.0. The van der Waals surface area contributed by atoms with Crippen LogP contribution in [0.15, 0.2) is 53.1 Å². The summed E-state index contributed by atoms with van der Waals surface area (Å²) in [6.07, 6.45) is 5.11. The van der Waals surface area contributed by atoms with Gasteiger partial charge >= 0.3 is 0 Å². The largest absolute Gasteiger partial charge is 0.480 e. The maximum absolute atomic E-state index is 12.4. The molecular formula is C18H18N4O2S. The molecule has 1 aromatic heterocycles. The Morgan fingerprint density at radius 1 is 1.32 bits per heavy atom. The number of rotatable bonds is 5. The van der Waals surface area contributed by atoms with Crippen LogP contribution in [0.5, 0.6) is 5.88 Å². The molecule has 0 spiro atoms. The lowest BCUT2D eigenvalue weighted by molar-refractivity contribution is 0.0987. The fraction of sp³-hybridized carbons (Fsp3) is 0.222. The van der Waals surface area contributed by atoms with Gasteiger partial charge in [0.1, 0.15) is 11.2 Å². The van der Waals surface area contributed by atoms with Gasteiger partial charge in [-0.25, -0.2) is 15.0 Å². The number of ketones is 1. The molecule has 0 aliphatic carbocycles. The van der Waals surface area contributed by atoms with E-state index in [0.29, 0.717) is 16.7 Å². The van der Waals surface area contributed by atoms with Gasteiger partial charge in [-0.15, -0.1) is 0 Å². The van der Waals surface area contributed by atoms with Crippen molar-refractivity contribution in [3.63, 3.8) is 0 Å². The molecule has 1 aliphatic rings. The number of aliphatic imine (C=N–C) groups is 1. The van der Waals surface area contributed by atoms with E-state index in [4.69, 9.17) is 10.5 Å². The molecule has 2 aromatic rings. The van der Waals surface area contributed by atoms with Gasteiger partial charge in [0.05, 0.1) is 19.5 Å². The Kier molecular flexibility index (Phi) is 4.85. The molecule has 6 nitrogen and oxygen atoms in total. The standard InChI is InChI=1S/C18H18N4O2S/c1-18(6-7-25-17(19)22-18)13-5-3-4-12(8-13)9-15(23)14-10-21-16(24-2)11-20-14/h3-8,10-11H,9H2,1-2H3,(H2,19,22)/t18-/m0/s1. The Morgan fingerprint density at radius 2 is 2.16 bits per heavy atom. The SMILES string of the molecule is COc1cnc(C(=O)Cc2cccc([C@]3(C)C=CSC(N)=N3)c2)cn1. The van der Waals surface area contributed by atoms with E-state index < -0.39 is 5.54 Å².